The van der Waals surface area contributed by atoms with E-state index in [9.17, 15) is 5.11 Å². The predicted molar refractivity (Wildman–Crippen MR) is 172 cm³/mol. The van der Waals surface area contributed by atoms with E-state index >= 15 is 0 Å². The molecule has 3 aromatic rings. The van der Waals surface area contributed by atoms with Crippen LogP contribution in [-0.4, -0.2) is 68.1 Å². The van der Waals surface area contributed by atoms with Crippen molar-refractivity contribution in [2.24, 2.45) is 11.8 Å². The van der Waals surface area contributed by atoms with Crippen molar-refractivity contribution in [3.05, 3.63) is 53.1 Å². The molecule has 3 aromatic carbocycles. The molecular weight excluding hydrogens is 596 g/mol. The second-order valence-electron chi connectivity index (χ2n) is 11.1. The van der Waals surface area contributed by atoms with Crippen molar-refractivity contribution in [2.75, 3.05) is 56.9 Å². The van der Waals surface area contributed by atoms with E-state index in [0.717, 1.165) is 11.1 Å². The van der Waals surface area contributed by atoms with Gasteiger partial charge < -0.3 is 52.5 Å². The van der Waals surface area contributed by atoms with Crippen molar-refractivity contribution in [3.63, 3.8) is 0 Å². The zero-order valence-corrected chi connectivity index (χ0v) is 28.5. The summed E-state index contributed by atoms with van der Waals surface area (Å²) in [6.45, 7) is 6.08. The average molecular weight is 643 g/mol. The highest BCUT2D eigenvalue weighted by Gasteiger charge is 2.42. The van der Waals surface area contributed by atoms with Gasteiger partial charge in [0.15, 0.2) is 34.5 Å². The van der Waals surface area contributed by atoms with E-state index in [2.05, 4.69) is 13.8 Å². The molecule has 0 aromatic heterocycles. The zero-order valence-electron chi connectivity index (χ0n) is 28.5. The lowest BCUT2D eigenvalue weighted by atomic mass is 9.85. The number of hydrogen-bond acceptors (Lipinski definition) is 11. The molecule has 0 spiro atoms. The molecule has 1 aliphatic rings. The van der Waals surface area contributed by atoms with Gasteiger partial charge in [0, 0.05) is 0 Å². The van der Waals surface area contributed by atoms with E-state index in [0.29, 0.717) is 57.3 Å². The summed E-state index contributed by atoms with van der Waals surface area (Å²) in [6.07, 6.45) is -2.29. The molecule has 0 amide bonds. The fraction of sp³-hybridized carbons (Fsp3) is 0.486. The Labute approximate surface area is 271 Å². The first-order valence-electron chi connectivity index (χ1n) is 15.0. The summed E-state index contributed by atoms with van der Waals surface area (Å²) in [5.41, 5.74) is 2.31. The molecule has 6 atom stereocenters. The van der Waals surface area contributed by atoms with Gasteiger partial charge >= 0.3 is 0 Å². The van der Waals surface area contributed by atoms with E-state index in [1.165, 1.54) is 21.3 Å². The molecule has 1 heterocycles. The third-order valence-corrected chi connectivity index (χ3v) is 8.68. The third kappa shape index (κ3) is 6.52. The van der Waals surface area contributed by atoms with Crippen molar-refractivity contribution >= 4 is 0 Å². The smallest absolute Gasteiger partial charge is 0.203 e. The van der Waals surface area contributed by atoms with Crippen molar-refractivity contribution in [1.29, 1.82) is 0 Å². The molecule has 11 nitrogen and oxygen atoms in total. The lowest BCUT2D eigenvalue weighted by Crippen LogP contribution is -2.22. The predicted octanol–water partition coefficient (Wildman–Crippen LogP) is 6.34. The molecule has 0 bridgehead atoms. The van der Waals surface area contributed by atoms with E-state index in [1.807, 2.05) is 24.3 Å². The topological polar surface area (TPSA) is 113 Å². The Kier molecular flexibility index (Phi) is 11.2. The summed E-state index contributed by atoms with van der Waals surface area (Å²) < 4.78 is 57.7. The van der Waals surface area contributed by atoms with E-state index in [4.69, 9.17) is 47.4 Å². The number of benzene rings is 3. The Morgan fingerprint density at radius 3 is 1.17 bits per heavy atom. The van der Waals surface area contributed by atoms with Crippen LogP contribution in [0.25, 0.3) is 0 Å². The molecule has 4 rings (SSSR count). The molecule has 0 radical (unpaired) electrons. The van der Waals surface area contributed by atoms with E-state index in [1.54, 1.807) is 54.6 Å². The first-order valence-corrected chi connectivity index (χ1v) is 15.0. The van der Waals surface area contributed by atoms with Crippen molar-refractivity contribution < 1.29 is 52.5 Å². The maximum Gasteiger partial charge on any atom is 0.203 e. The average Bonchev–Trinajstić information content (AvgIpc) is 3.39. The van der Waals surface area contributed by atoms with Gasteiger partial charge in [0.1, 0.15) is 12.2 Å². The molecule has 46 heavy (non-hydrogen) atoms. The molecule has 0 saturated carbocycles. The normalized spacial score (nSPS) is 20.3. The molecule has 1 fully saturated rings. The second kappa shape index (κ2) is 14.9. The minimum absolute atomic E-state index is 0.131. The molecule has 0 aliphatic carbocycles. The van der Waals surface area contributed by atoms with Crippen molar-refractivity contribution in [3.8, 4) is 51.7 Å². The molecule has 252 valence electrons. The zero-order chi connectivity index (χ0) is 33.7. The monoisotopic (exact) mass is 642 g/mol. The largest absolute Gasteiger partial charge is 0.493 e. The highest BCUT2D eigenvalue weighted by molar-refractivity contribution is 5.57. The summed E-state index contributed by atoms with van der Waals surface area (Å²) in [7, 11) is 12.5. The van der Waals surface area contributed by atoms with Gasteiger partial charge in [-0.15, -0.1) is 0 Å². The van der Waals surface area contributed by atoms with Crippen LogP contribution >= 0.6 is 0 Å². The lowest BCUT2D eigenvalue weighted by Gasteiger charge is -2.26. The number of methoxy groups -OCH3 is 8. The van der Waals surface area contributed by atoms with Gasteiger partial charge in [0.2, 0.25) is 17.2 Å². The fourth-order valence-corrected chi connectivity index (χ4v) is 5.96. The summed E-state index contributed by atoms with van der Waals surface area (Å²) in [5.74, 6) is 4.45. The van der Waals surface area contributed by atoms with Crippen LogP contribution in [0.1, 0.15) is 55.8 Å². The summed E-state index contributed by atoms with van der Waals surface area (Å²) in [5, 5.41) is 11.3. The van der Waals surface area contributed by atoms with Crippen LogP contribution in [-0.2, 0) is 4.74 Å². The van der Waals surface area contributed by atoms with Crippen LogP contribution in [0.4, 0.5) is 0 Å². The molecule has 1 aliphatic heterocycles. The quantitative estimate of drug-likeness (QED) is 0.213. The number of aliphatic hydroxyl groups is 1. The molecule has 1 saturated heterocycles. The van der Waals surface area contributed by atoms with Gasteiger partial charge in [-0.3, -0.25) is 0 Å². The van der Waals surface area contributed by atoms with Gasteiger partial charge in [-0.2, -0.15) is 0 Å². The Morgan fingerprint density at radius 1 is 0.522 bits per heavy atom. The minimum atomic E-state index is -1.05. The van der Waals surface area contributed by atoms with Gasteiger partial charge in [-0.1, -0.05) is 13.8 Å². The van der Waals surface area contributed by atoms with E-state index in [-0.39, 0.29) is 24.0 Å². The Hall–Kier alpha value is -4.22. The van der Waals surface area contributed by atoms with Crippen molar-refractivity contribution in [2.45, 2.75) is 45.2 Å². The van der Waals surface area contributed by atoms with Crippen molar-refractivity contribution in [1.82, 2.24) is 0 Å². The molecule has 1 N–H and O–H groups in total. The van der Waals surface area contributed by atoms with Crippen LogP contribution in [0.2, 0.25) is 0 Å². The number of aliphatic hydroxyl groups excluding tert-OH is 1. The fourth-order valence-electron chi connectivity index (χ4n) is 5.96. The van der Waals surface area contributed by atoms with Crippen LogP contribution < -0.4 is 42.6 Å². The Morgan fingerprint density at radius 2 is 0.848 bits per heavy atom. The number of ether oxygens (including phenoxy) is 10. The number of rotatable bonds is 14. The molecular formula is C35H46O11. The summed E-state index contributed by atoms with van der Waals surface area (Å²) in [6, 6.07) is 11.0. The van der Waals surface area contributed by atoms with Crippen LogP contribution in [0.3, 0.4) is 0 Å². The lowest BCUT2D eigenvalue weighted by molar-refractivity contribution is 0.0280. The third-order valence-electron chi connectivity index (χ3n) is 8.68. The van der Waals surface area contributed by atoms with Gasteiger partial charge in [0.05, 0.1) is 69.1 Å². The minimum Gasteiger partial charge on any atom is -0.493 e. The highest BCUT2D eigenvalue weighted by Crippen LogP contribution is 2.53. The summed E-state index contributed by atoms with van der Waals surface area (Å²) >= 11 is 0. The van der Waals surface area contributed by atoms with Gasteiger partial charge in [0.25, 0.3) is 0 Å². The first-order chi connectivity index (χ1) is 22.1. The Bertz CT molecular complexity index is 1410. The second-order valence-corrected chi connectivity index (χ2v) is 11.1. The number of hydrogen-bond donors (Lipinski definition) is 1. The standard InChI is InChI=1S/C35H46O11/c1-18-19(2)32(46-31(18)22-14-26(39-6)34(44-11)27(15-22)40-7)23-16-28(41-8)35(29(17-23)42-9)45-20(3)30(36)21-12-24(37-4)33(43-10)25(13-21)38-5/h12-20,30-32,36H,1-11H3/t18-,19+,20-,30-,31-,32+/m0/s1. The van der Waals surface area contributed by atoms with E-state index < -0.39 is 12.2 Å². The Balaban J connectivity index is 1.64. The maximum absolute atomic E-state index is 11.3. The highest BCUT2D eigenvalue weighted by atomic mass is 16.6. The first kappa shape index (κ1) is 34.6. The summed E-state index contributed by atoms with van der Waals surface area (Å²) in [4.78, 5) is 0. The van der Waals surface area contributed by atoms with Crippen LogP contribution in [0.5, 0.6) is 51.7 Å². The van der Waals surface area contributed by atoms with Crippen LogP contribution in [0.15, 0.2) is 36.4 Å². The van der Waals surface area contributed by atoms with Gasteiger partial charge in [-0.25, -0.2) is 0 Å². The maximum atomic E-state index is 11.3. The SMILES string of the molecule is COc1cc([C@@H](O)[C@H](C)Oc2c(OC)cc([C@@H]3O[C@H](c4cc(OC)c(OC)c(OC)c4)[C@@H](C)[C@H]3C)cc2OC)cc(OC)c1OC. The van der Waals surface area contributed by atoms with Crippen LogP contribution in [0, 0.1) is 11.8 Å². The molecule has 11 heteroatoms. The van der Waals surface area contributed by atoms with Gasteiger partial charge in [-0.05, 0) is 71.8 Å². The molecule has 0 unspecified atom stereocenters.